The average Bonchev–Trinajstić information content (AvgIpc) is 3.09. The first-order valence-corrected chi connectivity index (χ1v) is 9.68. The van der Waals surface area contributed by atoms with E-state index in [4.69, 9.17) is 9.15 Å². The summed E-state index contributed by atoms with van der Waals surface area (Å²) in [7, 11) is 0. The molecule has 0 radical (unpaired) electrons. The Hall–Kier alpha value is -2.99. The fourth-order valence-corrected chi connectivity index (χ4v) is 3.55. The molecule has 29 heavy (non-hydrogen) atoms. The van der Waals surface area contributed by atoms with Crippen molar-refractivity contribution >= 4 is 5.91 Å². The Morgan fingerprint density at radius 3 is 2.83 bits per heavy atom. The van der Waals surface area contributed by atoms with Crippen LogP contribution in [0.2, 0.25) is 0 Å². The Labute approximate surface area is 169 Å². The van der Waals surface area contributed by atoms with Crippen LogP contribution >= 0.6 is 0 Å². The van der Waals surface area contributed by atoms with E-state index in [1.165, 1.54) is 6.07 Å². The minimum atomic E-state index is -0.463. The van der Waals surface area contributed by atoms with E-state index in [9.17, 15) is 9.18 Å². The number of carbonyl (C=O) groups excluding carboxylic acids is 1. The van der Waals surface area contributed by atoms with Gasteiger partial charge in [0, 0.05) is 17.7 Å². The van der Waals surface area contributed by atoms with Crippen LogP contribution in [0.3, 0.4) is 0 Å². The molecule has 1 amide bonds. The summed E-state index contributed by atoms with van der Waals surface area (Å²) in [5, 5.41) is 0. The Bertz CT molecular complexity index is 1030. The summed E-state index contributed by atoms with van der Waals surface area (Å²) in [6.07, 6.45) is -0.319. The van der Waals surface area contributed by atoms with E-state index in [0.29, 0.717) is 42.6 Å². The number of aromatic nitrogens is 1. The van der Waals surface area contributed by atoms with E-state index in [-0.39, 0.29) is 18.1 Å². The normalized spacial score (nSPS) is 16.8. The highest BCUT2D eigenvalue weighted by atomic mass is 19.1. The third-order valence-electron chi connectivity index (χ3n) is 5.15. The van der Waals surface area contributed by atoms with Gasteiger partial charge in [-0.05, 0) is 32.0 Å². The van der Waals surface area contributed by atoms with Gasteiger partial charge in [-0.1, -0.05) is 35.9 Å². The molecule has 0 bridgehead atoms. The molecule has 1 aromatic heterocycles. The first-order valence-electron chi connectivity index (χ1n) is 9.68. The standard InChI is InChI=1S/C23H23FN2O3/c1-15-6-5-7-17(12-15)23-25-20(16(2)29-23)13-22(27)26-10-11-28-21(14-26)18-8-3-4-9-19(18)24/h3-9,12,21H,10-11,13-14H2,1-2H3. The highest BCUT2D eigenvalue weighted by Gasteiger charge is 2.28. The summed E-state index contributed by atoms with van der Waals surface area (Å²) >= 11 is 0. The number of amides is 1. The van der Waals surface area contributed by atoms with Gasteiger partial charge in [-0.25, -0.2) is 9.37 Å². The molecule has 1 fully saturated rings. The number of halogens is 1. The molecule has 3 aromatic rings. The molecule has 1 aliphatic rings. The lowest BCUT2D eigenvalue weighted by Crippen LogP contribution is -2.43. The van der Waals surface area contributed by atoms with Crippen molar-refractivity contribution < 1.29 is 18.3 Å². The van der Waals surface area contributed by atoms with Crippen LogP contribution in [0, 0.1) is 19.7 Å². The molecule has 0 N–H and O–H groups in total. The molecule has 1 unspecified atom stereocenters. The summed E-state index contributed by atoms with van der Waals surface area (Å²) in [6.45, 7) is 4.99. The minimum absolute atomic E-state index is 0.0677. The monoisotopic (exact) mass is 394 g/mol. The molecule has 2 aromatic carbocycles. The van der Waals surface area contributed by atoms with E-state index >= 15 is 0 Å². The van der Waals surface area contributed by atoms with Gasteiger partial charge in [-0.15, -0.1) is 0 Å². The fourth-order valence-electron chi connectivity index (χ4n) is 3.55. The molecule has 2 heterocycles. The largest absolute Gasteiger partial charge is 0.441 e. The zero-order chi connectivity index (χ0) is 20.4. The number of nitrogens with zero attached hydrogens (tertiary/aromatic N) is 2. The second kappa shape index (κ2) is 8.17. The summed E-state index contributed by atoms with van der Waals surface area (Å²) < 4.78 is 25.6. The molecule has 4 rings (SSSR count). The van der Waals surface area contributed by atoms with Crippen LogP contribution in [0.4, 0.5) is 4.39 Å². The minimum Gasteiger partial charge on any atom is -0.441 e. The van der Waals surface area contributed by atoms with Crippen molar-refractivity contribution in [2.75, 3.05) is 19.7 Å². The maximum Gasteiger partial charge on any atom is 0.228 e. The van der Waals surface area contributed by atoms with Gasteiger partial charge in [0.1, 0.15) is 17.7 Å². The quantitative estimate of drug-likeness (QED) is 0.664. The van der Waals surface area contributed by atoms with Gasteiger partial charge >= 0.3 is 0 Å². The summed E-state index contributed by atoms with van der Waals surface area (Å²) in [4.78, 5) is 19.1. The number of carbonyl (C=O) groups is 1. The van der Waals surface area contributed by atoms with Crippen molar-refractivity contribution in [2.24, 2.45) is 0 Å². The Morgan fingerprint density at radius 2 is 2.03 bits per heavy atom. The van der Waals surface area contributed by atoms with Gasteiger partial charge in [0.15, 0.2) is 0 Å². The molecule has 0 spiro atoms. The first-order chi connectivity index (χ1) is 14.0. The van der Waals surface area contributed by atoms with Gasteiger partial charge in [0.25, 0.3) is 0 Å². The number of oxazole rings is 1. The van der Waals surface area contributed by atoms with Crippen molar-refractivity contribution in [1.29, 1.82) is 0 Å². The lowest BCUT2D eigenvalue weighted by molar-refractivity contribution is -0.138. The van der Waals surface area contributed by atoms with Crippen molar-refractivity contribution in [3.63, 3.8) is 0 Å². The lowest BCUT2D eigenvalue weighted by Gasteiger charge is -2.33. The number of rotatable bonds is 4. The second-order valence-electron chi connectivity index (χ2n) is 7.29. The van der Waals surface area contributed by atoms with Crippen LogP contribution in [0.25, 0.3) is 11.5 Å². The summed E-state index contributed by atoms with van der Waals surface area (Å²) in [6, 6.07) is 14.4. The number of hydrogen-bond donors (Lipinski definition) is 0. The lowest BCUT2D eigenvalue weighted by atomic mass is 10.1. The van der Waals surface area contributed by atoms with Gasteiger partial charge in [0.05, 0.1) is 25.3 Å². The van der Waals surface area contributed by atoms with E-state index in [1.807, 2.05) is 38.1 Å². The van der Waals surface area contributed by atoms with Crippen LogP contribution in [0.15, 0.2) is 52.9 Å². The topological polar surface area (TPSA) is 55.6 Å². The van der Waals surface area contributed by atoms with Gasteiger partial charge in [-0.2, -0.15) is 0 Å². The molecule has 5 nitrogen and oxygen atoms in total. The highest BCUT2D eigenvalue weighted by molar-refractivity contribution is 5.79. The van der Waals surface area contributed by atoms with Gasteiger partial charge < -0.3 is 14.1 Å². The third kappa shape index (κ3) is 4.22. The van der Waals surface area contributed by atoms with Crippen molar-refractivity contribution in [3.8, 4) is 11.5 Å². The van der Waals surface area contributed by atoms with Crippen LogP contribution in [0.5, 0.6) is 0 Å². The van der Waals surface area contributed by atoms with Crippen LogP contribution in [-0.4, -0.2) is 35.5 Å². The molecule has 1 atom stereocenters. The van der Waals surface area contributed by atoms with Crippen molar-refractivity contribution in [1.82, 2.24) is 9.88 Å². The van der Waals surface area contributed by atoms with E-state index in [0.717, 1.165) is 11.1 Å². The molecular formula is C23H23FN2O3. The number of ether oxygens (including phenoxy) is 1. The molecule has 0 aliphatic carbocycles. The number of hydrogen-bond acceptors (Lipinski definition) is 4. The third-order valence-corrected chi connectivity index (χ3v) is 5.15. The Morgan fingerprint density at radius 1 is 1.21 bits per heavy atom. The zero-order valence-electron chi connectivity index (χ0n) is 16.5. The van der Waals surface area contributed by atoms with E-state index < -0.39 is 6.10 Å². The van der Waals surface area contributed by atoms with Crippen LogP contribution in [-0.2, 0) is 16.0 Å². The molecule has 1 saturated heterocycles. The molecule has 1 aliphatic heterocycles. The summed E-state index contributed by atoms with van der Waals surface area (Å²) in [5.74, 6) is 0.762. The predicted molar refractivity (Wildman–Crippen MR) is 107 cm³/mol. The second-order valence-corrected chi connectivity index (χ2v) is 7.29. The predicted octanol–water partition coefficient (Wildman–Crippen LogP) is 4.24. The average molecular weight is 394 g/mol. The zero-order valence-corrected chi connectivity index (χ0v) is 16.5. The number of benzene rings is 2. The van der Waals surface area contributed by atoms with E-state index in [1.54, 1.807) is 23.1 Å². The fraction of sp³-hybridized carbons (Fsp3) is 0.304. The van der Waals surface area contributed by atoms with Crippen molar-refractivity contribution in [3.05, 3.63) is 76.9 Å². The Kier molecular flexibility index (Phi) is 5.45. The van der Waals surface area contributed by atoms with Gasteiger partial charge in [0.2, 0.25) is 11.8 Å². The first kappa shape index (κ1) is 19.3. The van der Waals surface area contributed by atoms with E-state index in [2.05, 4.69) is 4.98 Å². The smallest absolute Gasteiger partial charge is 0.228 e. The maximum absolute atomic E-state index is 14.1. The van der Waals surface area contributed by atoms with Gasteiger partial charge in [-0.3, -0.25) is 4.79 Å². The molecule has 6 heteroatoms. The SMILES string of the molecule is Cc1cccc(-c2nc(CC(=O)N3CCOC(c4ccccc4F)C3)c(C)o2)c1. The van der Waals surface area contributed by atoms with Crippen molar-refractivity contribution in [2.45, 2.75) is 26.4 Å². The van der Waals surface area contributed by atoms with Crippen LogP contribution in [0.1, 0.15) is 28.7 Å². The molecule has 150 valence electrons. The highest BCUT2D eigenvalue weighted by Crippen LogP contribution is 2.26. The summed E-state index contributed by atoms with van der Waals surface area (Å²) in [5.41, 5.74) is 3.10. The Balaban J connectivity index is 1.47. The molecule has 0 saturated carbocycles. The molecular weight excluding hydrogens is 371 g/mol. The maximum atomic E-state index is 14.1. The number of morpholine rings is 1. The number of aryl methyl sites for hydroxylation is 2. The van der Waals surface area contributed by atoms with Crippen LogP contribution < -0.4 is 0 Å².